The Hall–Kier alpha value is -2.60. The van der Waals surface area contributed by atoms with Gasteiger partial charge in [0.15, 0.2) is 0 Å². The molecule has 1 N–H and O–H groups in total. The van der Waals surface area contributed by atoms with Gasteiger partial charge in [-0.15, -0.1) is 0 Å². The molecule has 168 valence electrons. The van der Waals surface area contributed by atoms with Gasteiger partial charge in [0.2, 0.25) is 0 Å². The summed E-state index contributed by atoms with van der Waals surface area (Å²) in [5.41, 5.74) is 1.60. The Kier molecular flexibility index (Phi) is 6.12. The van der Waals surface area contributed by atoms with Crippen molar-refractivity contribution < 1.29 is 20.8 Å². The normalized spacial score (nSPS) is 18.4. The van der Waals surface area contributed by atoms with Crippen LogP contribution in [0.2, 0.25) is 0 Å². The molecule has 0 radical (unpaired) electrons. The molecule has 1 fully saturated rings. The number of amides is 2. The van der Waals surface area contributed by atoms with Crippen molar-refractivity contribution in [3.8, 4) is 5.75 Å². The third-order valence-electron chi connectivity index (χ3n) is 5.21. The Morgan fingerprint density at radius 3 is 2.45 bits per heavy atom. The molecule has 2 aromatic rings. The van der Waals surface area contributed by atoms with Crippen molar-refractivity contribution in [1.82, 2.24) is 15.1 Å². The maximum absolute atomic E-state index is 13.4. The lowest BCUT2D eigenvalue weighted by Gasteiger charge is -2.37. The predicted octanol–water partition coefficient (Wildman–Crippen LogP) is 4.67. The second-order valence-electron chi connectivity index (χ2n) is 8.15. The molecule has 0 atom stereocenters. The topological polar surface area (TPSA) is 44.8 Å². The van der Waals surface area contributed by atoms with Crippen LogP contribution in [0.25, 0.3) is 0 Å². The summed E-state index contributed by atoms with van der Waals surface area (Å²) in [5.74, 6) is -0.257. The lowest BCUT2D eigenvalue weighted by molar-refractivity contribution is 0.127. The molecule has 1 aliphatic rings. The number of carbonyl (C=O) groups excluding carboxylic acids is 1. The van der Waals surface area contributed by atoms with Crippen LogP contribution in [0.3, 0.4) is 0 Å². The zero-order valence-electron chi connectivity index (χ0n) is 23.1. The first-order chi connectivity index (χ1) is 16.8. The average molecular weight is 433 g/mol. The summed E-state index contributed by atoms with van der Waals surface area (Å²) in [7, 11) is 0. The number of halogens is 1. The summed E-state index contributed by atoms with van der Waals surface area (Å²) in [6.07, 6.45) is 1.05. The van der Waals surface area contributed by atoms with Gasteiger partial charge >= 0.3 is 6.03 Å². The fourth-order valence-corrected chi connectivity index (χ4v) is 3.47. The Bertz CT molecular complexity index is 992. The molecule has 0 aliphatic carbocycles. The number of hydrogen-bond acceptors (Lipinski definition) is 3. The second-order valence-corrected chi connectivity index (χ2v) is 8.15. The minimum Gasteiger partial charge on any atom is -0.493 e. The number of piperidine rings is 1. The molecular formula is C25H34FN3O2. The van der Waals surface area contributed by atoms with E-state index in [1.54, 1.807) is 55.1 Å². The Labute approximate surface area is 192 Å². The van der Waals surface area contributed by atoms with Gasteiger partial charge in [0.1, 0.15) is 11.6 Å². The summed E-state index contributed by atoms with van der Waals surface area (Å²) < 4.78 is 57.6. The van der Waals surface area contributed by atoms with Crippen LogP contribution in [0.15, 0.2) is 48.5 Å². The first kappa shape index (κ1) is 17.0. The van der Waals surface area contributed by atoms with Crippen molar-refractivity contribution in [2.75, 3.05) is 26.6 Å². The quantitative estimate of drug-likeness (QED) is 0.660. The van der Waals surface area contributed by atoms with Crippen molar-refractivity contribution >= 4 is 6.03 Å². The summed E-state index contributed by atoms with van der Waals surface area (Å²) in [6.45, 7) is 0.805. The van der Waals surface area contributed by atoms with Crippen LogP contribution < -0.4 is 10.1 Å². The fraction of sp³-hybridized carbons (Fsp3) is 0.480. The Balaban J connectivity index is 1.65. The standard InChI is InChI=1S/C25H34FN3O2/c1-19(2)18-31-24-10-6-20(7-11-24)16-27-25(30)29(23-12-14-28(3)15-13-23)17-21-4-8-22(26)9-5-21/h4-11,19,23H,12-18H2,1-3H3,(H,27,30)/i3D3,18D2. The van der Waals surface area contributed by atoms with E-state index in [0.29, 0.717) is 31.7 Å². The monoisotopic (exact) mass is 432 g/mol. The van der Waals surface area contributed by atoms with Crippen LogP contribution in [0.5, 0.6) is 5.75 Å². The van der Waals surface area contributed by atoms with E-state index < -0.39 is 13.5 Å². The zero-order valence-corrected chi connectivity index (χ0v) is 18.1. The highest BCUT2D eigenvalue weighted by Crippen LogP contribution is 2.19. The molecule has 0 bridgehead atoms. The predicted molar refractivity (Wildman–Crippen MR) is 121 cm³/mol. The summed E-state index contributed by atoms with van der Waals surface area (Å²) in [4.78, 5) is 16.4. The molecule has 2 aromatic carbocycles. The molecule has 1 saturated heterocycles. The summed E-state index contributed by atoms with van der Waals surface area (Å²) in [6, 6.07) is 12.4. The van der Waals surface area contributed by atoms with Crippen LogP contribution >= 0.6 is 0 Å². The minimum atomic E-state index is -2.15. The number of rotatable bonds is 8. The second kappa shape index (κ2) is 11.1. The largest absolute Gasteiger partial charge is 0.493 e. The highest BCUT2D eigenvalue weighted by Gasteiger charge is 2.27. The van der Waals surface area contributed by atoms with Crippen LogP contribution in [0.1, 0.15) is 44.7 Å². The molecule has 3 rings (SSSR count). The van der Waals surface area contributed by atoms with Gasteiger partial charge in [-0.3, -0.25) is 0 Å². The van der Waals surface area contributed by atoms with Gasteiger partial charge in [-0.2, -0.15) is 0 Å². The van der Waals surface area contributed by atoms with Crippen molar-refractivity contribution in [2.24, 2.45) is 5.92 Å². The number of nitrogens with one attached hydrogen (secondary N) is 1. The van der Waals surface area contributed by atoms with E-state index in [0.717, 1.165) is 11.1 Å². The van der Waals surface area contributed by atoms with Gasteiger partial charge in [0, 0.05) is 23.2 Å². The molecule has 6 heteroatoms. The molecular weight excluding hydrogens is 393 g/mol. The first-order valence-corrected chi connectivity index (χ1v) is 10.7. The van der Waals surface area contributed by atoms with Crippen molar-refractivity contribution in [2.45, 2.75) is 45.8 Å². The van der Waals surface area contributed by atoms with Crippen LogP contribution in [-0.4, -0.2) is 48.5 Å². The lowest BCUT2D eigenvalue weighted by Crippen LogP contribution is -2.49. The van der Waals surface area contributed by atoms with Gasteiger partial charge in [0.25, 0.3) is 0 Å². The number of hydrogen-bond donors (Lipinski definition) is 1. The molecule has 2 amide bonds. The number of carbonyl (C=O) groups is 1. The highest BCUT2D eigenvalue weighted by molar-refractivity contribution is 5.74. The average Bonchev–Trinajstić information content (AvgIpc) is 2.82. The van der Waals surface area contributed by atoms with E-state index in [9.17, 15) is 9.18 Å². The molecule has 1 aliphatic heterocycles. The van der Waals surface area contributed by atoms with Crippen LogP contribution in [0.4, 0.5) is 9.18 Å². The third-order valence-corrected chi connectivity index (χ3v) is 5.21. The van der Waals surface area contributed by atoms with Crippen LogP contribution in [-0.2, 0) is 13.1 Å². The van der Waals surface area contributed by atoms with E-state index in [1.165, 1.54) is 17.0 Å². The van der Waals surface area contributed by atoms with Crippen molar-refractivity contribution in [3.05, 3.63) is 65.5 Å². The third kappa shape index (κ3) is 7.24. The molecule has 0 spiro atoms. The molecule has 31 heavy (non-hydrogen) atoms. The Morgan fingerprint density at radius 1 is 1.19 bits per heavy atom. The van der Waals surface area contributed by atoms with Gasteiger partial charge in [-0.1, -0.05) is 38.1 Å². The highest BCUT2D eigenvalue weighted by atomic mass is 19.1. The molecule has 5 nitrogen and oxygen atoms in total. The van der Waals surface area contributed by atoms with Crippen molar-refractivity contribution in [1.29, 1.82) is 0 Å². The first-order valence-electron chi connectivity index (χ1n) is 13.2. The number of likely N-dealkylation sites (tertiary alicyclic amines) is 1. The summed E-state index contributed by atoms with van der Waals surface area (Å²) >= 11 is 0. The van der Waals surface area contributed by atoms with E-state index in [2.05, 4.69) is 5.32 Å². The number of benzene rings is 2. The number of ether oxygens (including phenoxy) is 1. The minimum absolute atomic E-state index is 0.150. The Morgan fingerprint density at radius 2 is 1.84 bits per heavy atom. The maximum atomic E-state index is 13.4. The number of nitrogens with zero attached hydrogens (tertiary/aromatic N) is 2. The maximum Gasteiger partial charge on any atom is 0.318 e. The van der Waals surface area contributed by atoms with E-state index >= 15 is 0 Å². The van der Waals surface area contributed by atoms with Gasteiger partial charge in [-0.25, -0.2) is 9.18 Å². The zero-order chi connectivity index (χ0) is 26.5. The van der Waals surface area contributed by atoms with Gasteiger partial charge in [0.05, 0.1) is 9.30 Å². The van der Waals surface area contributed by atoms with E-state index in [4.69, 9.17) is 11.6 Å². The van der Waals surface area contributed by atoms with Crippen molar-refractivity contribution in [3.63, 3.8) is 0 Å². The summed E-state index contributed by atoms with van der Waals surface area (Å²) in [5, 5.41) is 2.93. The van der Waals surface area contributed by atoms with Crippen LogP contribution in [0, 0.1) is 11.7 Å². The molecule has 0 unspecified atom stereocenters. The molecule has 1 heterocycles. The lowest BCUT2D eigenvalue weighted by atomic mass is 10.0. The number of urea groups is 1. The van der Waals surface area contributed by atoms with E-state index in [1.807, 2.05) is 0 Å². The molecule has 0 saturated carbocycles. The fourth-order valence-electron chi connectivity index (χ4n) is 3.47. The van der Waals surface area contributed by atoms with Gasteiger partial charge in [-0.05, 0) is 74.2 Å². The molecule has 0 aromatic heterocycles. The van der Waals surface area contributed by atoms with Gasteiger partial charge < -0.3 is 19.9 Å². The smallest absolute Gasteiger partial charge is 0.318 e. The SMILES string of the molecule is [2H]C([2H])(Oc1ccc(CNC(=O)N(Cc2ccc(F)cc2)C2CCN(C([2H])([2H])[2H])CC2)cc1)C(C)C. The van der Waals surface area contributed by atoms with E-state index in [-0.39, 0.29) is 36.9 Å².